The molecule has 5 aromatic rings. The maximum atomic E-state index is 13.4. The Balaban J connectivity index is 1.34. The lowest BCUT2D eigenvalue weighted by Gasteiger charge is -2.11. The van der Waals surface area contributed by atoms with E-state index in [4.69, 9.17) is 4.74 Å². The molecular weight excluding hydrogens is 474 g/mol. The predicted molar refractivity (Wildman–Crippen MR) is 141 cm³/mol. The van der Waals surface area contributed by atoms with E-state index < -0.39 is 0 Å². The summed E-state index contributed by atoms with van der Waals surface area (Å²) in [6, 6.07) is 22.8. The Morgan fingerprint density at radius 3 is 2.58 bits per heavy atom. The van der Waals surface area contributed by atoms with Crippen LogP contribution in [-0.2, 0) is 4.79 Å². The number of ether oxygens (including phenoxy) is 1. The molecule has 0 atom stereocenters. The number of benzene rings is 3. The van der Waals surface area contributed by atoms with E-state index in [0.717, 1.165) is 16.9 Å². The third kappa shape index (κ3) is 4.83. The summed E-state index contributed by atoms with van der Waals surface area (Å²) in [6.07, 6.45) is 0. The van der Waals surface area contributed by atoms with Crippen LogP contribution in [0.5, 0.6) is 5.75 Å². The Bertz CT molecular complexity index is 1610. The van der Waals surface area contributed by atoms with Crippen LogP contribution in [-0.4, -0.2) is 44.0 Å². The van der Waals surface area contributed by atoms with Gasteiger partial charge in [-0.15, -0.1) is 10.2 Å². The number of nitrogens with one attached hydrogen (secondary N) is 1. The van der Waals surface area contributed by atoms with E-state index in [0.29, 0.717) is 40.7 Å². The van der Waals surface area contributed by atoms with Crippen LogP contribution in [0.4, 0.5) is 0 Å². The van der Waals surface area contributed by atoms with Gasteiger partial charge in [-0.2, -0.15) is 0 Å². The number of carbonyl (C=O) groups is 1. The zero-order valence-corrected chi connectivity index (χ0v) is 20.8. The molecule has 5 rings (SSSR count). The minimum atomic E-state index is -0.169. The van der Waals surface area contributed by atoms with Crippen molar-refractivity contribution in [3.8, 4) is 11.4 Å². The van der Waals surface area contributed by atoms with E-state index in [1.54, 1.807) is 10.6 Å². The van der Waals surface area contributed by atoms with Gasteiger partial charge in [0.05, 0.1) is 28.9 Å². The molecule has 8 nitrogen and oxygen atoms in total. The highest BCUT2D eigenvalue weighted by atomic mass is 32.2. The van der Waals surface area contributed by atoms with Crippen LogP contribution in [0.25, 0.3) is 22.4 Å². The summed E-state index contributed by atoms with van der Waals surface area (Å²) in [5.74, 6) is 1.20. The molecule has 0 aliphatic rings. The van der Waals surface area contributed by atoms with E-state index in [1.165, 1.54) is 11.8 Å². The number of nitrogens with zero attached hydrogens (tertiary/aromatic N) is 4. The molecule has 2 aromatic heterocycles. The summed E-state index contributed by atoms with van der Waals surface area (Å²) in [4.78, 5) is 25.8. The number of rotatable bonds is 8. The number of hydrogen-bond acceptors (Lipinski definition) is 6. The van der Waals surface area contributed by atoms with Gasteiger partial charge in [0.15, 0.2) is 5.16 Å². The highest BCUT2D eigenvalue weighted by Crippen LogP contribution is 2.23. The van der Waals surface area contributed by atoms with Crippen molar-refractivity contribution in [2.24, 2.45) is 0 Å². The normalized spacial score (nSPS) is 11.2. The maximum Gasteiger partial charge on any atom is 0.267 e. The topological polar surface area (TPSA) is 90.5 Å². The summed E-state index contributed by atoms with van der Waals surface area (Å²) >= 11 is 1.27. The second-order valence-corrected chi connectivity index (χ2v) is 9.36. The molecule has 0 radical (unpaired) electrons. The lowest BCUT2D eigenvalue weighted by Crippen LogP contribution is -2.29. The molecule has 182 valence electrons. The fourth-order valence-electron chi connectivity index (χ4n) is 3.94. The van der Waals surface area contributed by atoms with Gasteiger partial charge in [0.2, 0.25) is 11.7 Å². The molecule has 0 saturated carbocycles. The maximum absolute atomic E-state index is 13.4. The number of amides is 1. The fraction of sp³-hybridized carbons (Fsp3) is 0.185. The van der Waals surface area contributed by atoms with Gasteiger partial charge >= 0.3 is 0 Å². The summed E-state index contributed by atoms with van der Waals surface area (Å²) in [6.45, 7) is 4.77. The van der Waals surface area contributed by atoms with Gasteiger partial charge in [-0.1, -0.05) is 53.7 Å². The lowest BCUT2D eigenvalue weighted by atomic mass is 10.2. The van der Waals surface area contributed by atoms with Crippen molar-refractivity contribution in [3.05, 3.63) is 94.3 Å². The van der Waals surface area contributed by atoms with E-state index in [-0.39, 0.29) is 17.2 Å². The van der Waals surface area contributed by atoms with Crippen molar-refractivity contribution in [1.82, 2.24) is 24.5 Å². The third-order valence-electron chi connectivity index (χ3n) is 5.70. The summed E-state index contributed by atoms with van der Waals surface area (Å²) < 4.78 is 9.07. The summed E-state index contributed by atoms with van der Waals surface area (Å²) in [7, 11) is 0. The Labute approximate surface area is 211 Å². The van der Waals surface area contributed by atoms with Crippen molar-refractivity contribution in [1.29, 1.82) is 0 Å². The van der Waals surface area contributed by atoms with Crippen molar-refractivity contribution < 1.29 is 9.53 Å². The van der Waals surface area contributed by atoms with Crippen LogP contribution in [0, 0.1) is 13.8 Å². The summed E-state index contributed by atoms with van der Waals surface area (Å²) in [5, 5.41) is 12.6. The molecular formula is C27H25N5O3S. The molecule has 1 amide bonds. The first-order chi connectivity index (χ1) is 17.5. The van der Waals surface area contributed by atoms with E-state index in [9.17, 15) is 9.59 Å². The Morgan fingerprint density at radius 1 is 0.972 bits per heavy atom. The predicted octanol–water partition coefficient (Wildman–Crippen LogP) is 3.94. The van der Waals surface area contributed by atoms with E-state index in [2.05, 4.69) is 15.5 Å². The van der Waals surface area contributed by atoms with Gasteiger partial charge in [0, 0.05) is 0 Å². The fourth-order valence-corrected chi connectivity index (χ4v) is 4.71. The first-order valence-electron chi connectivity index (χ1n) is 11.6. The zero-order chi connectivity index (χ0) is 25.1. The first-order valence-corrected chi connectivity index (χ1v) is 12.5. The zero-order valence-electron chi connectivity index (χ0n) is 20.0. The quantitative estimate of drug-likeness (QED) is 0.257. The molecule has 0 bridgehead atoms. The molecule has 0 aliphatic carbocycles. The number of hydrogen-bond donors (Lipinski definition) is 1. The Morgan fingerprint density at radius 2 is 1.78 bits per heavy atom. The van der Waals surface area contributed by atoms with E-state index >= 15 is 0 Å². The number of aromatic nitrogens is 4. The smallest absolute Gasteiger partial charge is 0.267 e. The minimum Gasteiger partial charge on any atom is -0.492 e. The van der Waals surface area contributed by atoms with Gasteiger partial charge in [0.25, 0.3) is 5.56 Å². The molecule has 0 saturated heterocycles. The average molecular weight is 500 g/mol. The number of carbonyl (C=O) groups excluding carboxylic acids is 1. The van der Waals surface area contributed by atoms with Crippen LogP contribution in [0.15, 0.2) is 82.7 Å². The van der Waals surface area contributed by atoms with Gasteiger partial charge < -0.3 is 10.1 Å². The molecule has 0 unspecified atom stereocenters. The molecule has 36 heavy (non-hydrogen) atoms. The van der Waals surface area contributed by atoms with E-state index in [1.807, 2.05) is 85.0 Å². The number of para-hydroxylation sites is 1. The standard InChI is InChI=1S/C27H25N5O3S/c1-18-10-12-20(13-11-18)31-25(34)22-8-3-4-9-23(22)32-26(31)29-30-27(32)36-17-24(33)28-14-15-35-21-7-5-6-19(2)16-21/h3-13,16H,14-15,17H2,1-2H3,(H,28,33). The Kier molecular flexibility index (Phi) is 6.73. The number of thioether (sulfide) groups is 1. The van der Waals surface area contributed by atoms with Crippen LogP contribution >= 0.6 is 11.8 Å². The van der Waals surface area contributed by atoms with Crippen LogP contribution in [0.3, 0.4) is 0 Å². The van der Waals surface area contributed by atoms with Gasteiger partial charge in [-0.25, -0.2) is 4.57 Å². The second kappa shape index (κ2) is 10.2. The highest BCUT2D eigenvalue weighted by molar-refractivity contribution is 7.99. The largest absolute Gasteiger partial charge is 0.492 e. The minimum absolute atomic E-state index is 0.138. The van der Waals surface area contributed by atoms with Crippen LogP contribution in [0.2, 0.25) is 0 Å². The molecule has 2 heterocycles. The lowest BCUT2D eigenvalue weighted by molar-refractivity contribution is -0.118. The van der Waals surface area contributed by atoms with Gasteiger partial charge in [-0.3, -0.25) is 14.0 Å². The van der Waals surface area contributed by atoms with Crippen molar-refractivity contribution in [2.45, 2.75) is 19.0 Å². The SMILES string of the molecule is Cc1ccc(-n2c(=O)c3ccccc3n3c(SCC(=O)NCCOc4cccc(C)c4)nnc23)cc1. The van der Waals surface area contributed by atoms with Gasteiger partial charge in [0.1, 0.15) is 12.4 Å². The molecule has 0 fully saturated rings. The Hall–Kier alpha value is -4.11. The highest BCUT2D eigenvalue weighted by Gasteiger charge is 2.18. The van der Waals surface area contributed by atoms with Crippen LogP contribution in [0.1, 0.15) is 11.1 Å². The third-order valence-corrected chi connectivity index (χ3v) is 6.63. The first kappa shape index (κ1) is 23.6. The molecule has 0 spiro atoms. The monoisotopic (exact) mass is 499 g/mol. The average Bonchev–Trinajstić information content (AvgIpc) is 3.30. The second-order valence-electron chi connectivity index (χ2n) is 8.41. The number of fused-ring (bicyclic) bond motifs is 3. The molecule has 1 N–H and O–H groups in total. The molecule has 9 heteroatoms. The van der Waals surface area contributed by atoms with Crippen molar-refractivity contribution in [3.63, 3.8) is 0 Å². The molecule has 0 aliphatic heterocycles. The van der Waals surface area contributed by atoms with Crippen LogP contribution < -0.4 is 15.6 Å². The number of aryl methyl sites for hydroxylation is 2. The summed E-state index contributed by atoms with van der Waals surface area (Å²) in [5.41, 5.74) is 3.44. The van der Waals surface area contributed by atoms with Crippen molar-refractivity contribution >= 4 is 34.3 Å². The van der Waals surface area contributed by atoms with Crippen molar-refractivity contribution in [2.75, 3.05) is 18.9 Å². The molecule has 3 aromatic carbocycles. The van der Waals surface area contributed by atoms with Gasteiger partial charge in [-0.05, 0) is 55.8 Å².